The molecule has 2 aromatic carbocycles. The molecule has 1 aromatic heterocycles. The van der Waals surface area contributed by atoms with Gasteiger partial charge in [-0.05, 0) is 78.3 Å². The molecule has 7 heteroatoms. The number of aliphatic hydroxyl groups is 1. The summed E-state index contributed by atoms with van der Waals surface area (Å²) in [5.41, 5.74) is 6.74. The van der Waals surface area contributed by atoms with E-state index in [1.165, 1.54) is 16.7 Å². The summed E-state index contributed by atoms with van der Waals surface area (Å²) in [7, 11) is 0. The lowest BCUT2D eigenvalue weighted by Gasteiger charge is -2.32. The standard InChI is InChI=1S/C30H34N4O3/c35-16-15-33-12-7-24(8-13-33)32-30(36)26-2-1-3-27-25(26)9-14-34(27)29-20-22(6-11-31-29)18-21-4-5-28-23(19-21)10-17-37-28/h1-6,11,19-20,24,35H,7-10,12-18H2,(H,32,36). The molecule has 1 saturated heterocycles. The predicted molar refractivity (Wildman–Crippen MR) is 144 cm³/mol. The first-order chi connectivity index (χ1) is 18.2. The van der Waals surface area contributed by atoms with Crippen molar-refractivity contribution in [1.82, 2.24) is 15.2 Å². The van der Waals surface area contributed by atoms with Crippen molar-refractivity contribution in [2.75, 3.05) is 44.3 Å². The lowest BCUT2D eigenvalue weighted by atomic mass is 10.0. The van der Waals surface area contributed by atoms with Gasteiger partial charge in [0.2, 0.25) is 0 Å². The zero-order valence-corrected chi connectivity index (χ0v) is 21.2. The highest BCUT2D eigenvalue weighted by Crippen LogP contribution is 2.36. The average molecular weight is 499 g/mol. The van der Waals surface area contributed by atoms with Gasteiger partial charge in [-0.25, -0.2) is 4.98 Å². The van der Waals surface area contributed by atoms with Crippen molar-refractivity contribution in [1.29, 1.82) is 0 Å². The fraction of sp³-hybridized carbons (Fsp3) is 0.400. The SMILES string of the molecule is O=C(NC1CCN(CCO)CC1)c1cccc2c1CCN2c1cc(Cc2ccc3c(c2)CCO3)ccn1. The third-order valence-corrected chi connectivity index (χ3v) is 7.86. The summed E-state index contributed by atoms with van der Waals surface area (Å²) < 4.78 is 5.65. The number of β-amino-alcohol motifs (C(OH)–C–C–N with tert-alkyl or cyclic N) is 1. The van der Waals surface area contributed by atoms with Crippen LogP contribution in [0.5, 0.6) is 5.75 Å². The Morgan fingerprint density at radius 3 is 2.78 bits per heavy atom. The summed E-state index contributed by atoms with van der Waals surface area (Å²) in [4.78, 5) is 22.4. The van der Waals surface area contributed by atoms with E-state index in [1.807, 2.05) is 18.3 Å². The van der Waals surface area contributed by atoms with Gasteiger partial charge in [0.1, 0.15) is 11.6 Å². The molecule has 2 N–H and O–H groups in total. The number of aliphatic hydroxyl groups excluding tert-OH is 1. The summed E-state index contributed by atoms with van der Waals surface area (Å²) in [5, 5.41) is 12.4. The van der Waals surface area contributed by atoms with E-state index in [4.69, 9.17) is 14.8 Å². The number of aromatic nitrogens is 1. The van der Waals surface area contributed by atoms with E-state index >= 15 is 0 Å². The van der Waals surface area contributed by atoms with Crippen molar-refractivity contribution in [3.05, 3.63) is 82.5 Å². The Bertz CT molecular complexity index is 1290. The topological polar surface area (TPSA) is 77.9 Å². The maximum absolute atomic E-state index is 13.3. The first kappa shape index (κ1) is 23.9. The third kappa shape index (κ3) is 5.06. The molecule has 3 aliphatic rings. The number of fused-ring (bicyclic) bond motifs is 2. The number of likely N-dealkylation sites (tertiary alicyclic amines) is 1. The monoisotopic (exact) mass is 498 g/mol. The number of amides is 1. The minimum atomic E-state index is 0.0154. The largest absolute Gasteiger partial charge is 0.493 e. The molecule has 0 saturated carbocycles. The molecular weight excluding hydrogens is 464 g/mol. The van der Waals surface area contributed by atoms with Crippen molar-refractivity contribution in [3.8, 4) is 5.75 Å². The fourth-order valence-corrected chi connectivity index (χ4v) is 5.89. The van der Waals surface area contributed by atoms with Crippen LogP contribution < -0.4 is 15.0 Å². The van der Waals surface area contributed by atoms with Gasteiger partial charge in [-0.15, -0.1) is 0 Å². The number of anilines is 2. The number of rotatable bonds is 7. The Morgan fingerprint density at radius 2 is 1.92 bits per heavy atom. The number of ether oxygens (including phenoxy) is 1. The molecule has 37 heavy (non-hydrogen) atoms. The summed E-state index contributed by atoms with van der Waals surface area (Å²) in [5.74, 6) is 1.95. The van der Waals surface area contributed by atoms with Crippen LogP contribution in [0.25, 0.3) is 0 Å². The van der Waals surface area contributed by atoms with Gasteiger partial charge < -0.3 is 25.0 Å². The number of piperidine rings is 1. The molecule has 0 unspecified atom stereocenters. The minimum Gasteiger partial charge on any atom is -0.493 e. The number of hydrogen-bond donors (Lipinski definition) is 2. The maximum Gasteiger partial charge on any atom is 0.251 e. The quantitative estimate of drug-likeness (QED) is 0.519. The van der Waals surface area contributed by atoms with Crippen LogP contribution in [0.1, 0.15) is 45.5 Å². The van der Waals surface area contributed by atoms with Crippen LogP contribution in [-0.4, -0.2) is 66.3 Å². The smallest absolute Gasteiger partial charge is 0.251 e. The van der Waals surface area contributed by atoms with Crippen LogP contribution in [0, 0.1) is 0 Å². The van der Waals surface area contributed by atoms with E-state index in [0.717, 1.165) is 86.7 Å². The highest BCUT2D eigenvalue weighted by molar-refractivity contribution is 5.98. The Labute approximate surface area is 218 Å². The summed E-state index contributed by atoms with van der Waals surface area (Å²) in [6, 6.07) is 17.0. The lowest BCUT2D eigenvalue weighted by Crippen LogP contribution is -2.45. The Balaban J connectivity index is 1.16. The van der Waals surface area contributed by atoms with Crippen LogP contribution in [0.2, 0.25) is 0 Å². The van der Waals surface area contributed by atoms with E-state index in [1.54, 1.807) is 0 Å². The van der Waals surface area contributed by atoms with Gasteiger partial charge in [0, 0.05) is 56.1 Å². The number of hydrogen-bond acceptors (Lipinski definition) is 6. The van der Waals surface area contributed by atoms with Gasteiger partial charge in [0.25, 0.3) is 5.91 Å². The first-order valence-electron chi connectivity index (χ1n) is 13.4. The zero-order chi connectivity index (χ0) is 25.2. The molecule has 0 atom stereocenters. The Morgan fingerprint density at radius 1 is 1.05 bits per heavy atom. The molecular formula is C30H34N4O3. The molecule has 3 aliphatic heterocycles. The molecule has 3 aromatic rings. The highest BCUT2D eigenvalue weighted by Gasteiger charge is 2.28. The molecule has 0 spiro atoms. The van der Waals surface area contributed by atoms with Gasteiger partial charge in [-0.2, -0.15) is 0 Å². The van der Waals surface area contributed by atoms with E-state index < -0.39 is 0 Å². The molecule has 0 bridgehead atoms. The summed E-state index contributed by atoms with van der Waals surface area (Å²) in [6.07, 6.45) is 6.38. The van der Waals surface area contributed by atoms with E-state index in [0.29, 0.717) is 6.54 Å². The summed E-state index contributed by atoms with van der Waals surface area (Å²) in [6.45, 7) is 4.30. The molecule has 7 nitrogen and oxygen atoms in total. The number of nitrogens with zero attached hydrogens (tertiary/aromatic N) is 3. The van der Waals surface area contributed by atoms with Gasteiger partial charge in [0.05, 0.1) is 13.2 Å². The number of benzene rings is 2. The van der Waals surface area contributed by atoms with Crippen molar-refractivity contribution in [2.45, 2.75) is 38.1 Å². The van der Waals surface area contributed by atoms with Crippen molar-refractivity contribution < 1.29 is 14.6 Å². The zero-order valence-electron chi connectivity index (χ0n) is 21.2. The van der Waals surface area contributed by atoms with Crippen molar-refractivity contribution in [3.63, 3.8) is 0 Å². The van der Waals surface area contributed by atoms with E-state index in [9.17, 15) is 4.79 Å². The number of pyridine rings is 1. The molecule has 6 rings (SSSR count). The van der Waals surface area contributed by atoms with E-state index in [-0.39, 0.29) is 18.6 Å². The third-order valence-electron chi connectivity index (χ3n) is 7.86. The lowest BCUT2D eigenvalue weighted by molar-refractivity contribution is 0.0902. The van der Waals surface area contributed by atoms with E-state index in [2.05, 4.69) is 51.5 Å². The number of carbonyl (C=O) groups excluding carboxylic acids is 1. The molecule has 4 heterocycles. The normalized spacial score (nSPS) is 17.4. The van der Waals surface area contributed by atoms with Gasteiger partial charge in [0.15, 0.2) is 0 Å². The Hall–Kier alpha value is -3.42. The Kier molecular flexibility index (Phi) is 6.81. The van der Waals surface area contributed by atoms with Gasteiger partial charge in [-0.3, -0.25) is 4.79 Å². The van der Waals surface area contributed by atoms with Crippen LogP contribution in [0.3, 0.4) is 0 Å². The second-order valence-electron chi connectivity index (χ2n) is 10.3. The van der Waals surface area contributed by atoms with Crippen molar-refractivity contribution >= 4 is 17.4 Å². The van der Waals surface area contributed by atoms with Crippen LogP contribution in [0.4, 0.5) is 11.5 Å². The molecule has 1 fully saturated rings. The minimum absolute atomic E-state index is 0.0154. The van der Waals surface area contributed by atoms with Crippen LogP contribution in [0.15, 0.2) is 54.7 Å². The second-order valence-corrected chi connectivity index (χ2v) is 10.3. The molecule has 192 valence electrons. The van der Waals surface area contributed by atoms with Crippen LogP contribution in [-0.2, 0) is 19.3 Å². The van der Waals surface area contributed by atoms with Crippen LogP contribution >= 0.6 is 0 Å². The second kappa shape index (κ2) is 10.5. The maximum atomic E-state index is 13.3. The molecule has 0 aliphatic carbocycles. The van der Waals surface area contributed by atoms with Crippen molar-refractivity contribution in [2.24, 2.45) is 0 Å². The highest BCUT2D eigenvalue weighted by atomic mass is 16.5. The molecule has 0 radical (unpaired) electrons. The predicted octanol–water partition coefficient (Wildman–Crippen LogP) is 3.49. The van der Waals surface area contributed by atoms with Gasteiger partial charge in [-0.1, -0.05) is 18.2 Å². The fourth-order valence-electron chi connectivity index (χ4n) is 5.89. The van der Waals surface area contributed by atoms with Gasteiger partial charge >= 0.3 is 0 Å². The summed E-state index contributed by atoms with van der Waals surface area (Å²) >= 11 is 0. The average Bonchev–Trinajstić information content (AvgIpc) is 3.57. The number of nitrogens with one attached hydrogen (secondary N) is 1. The number of carbonyl (C=O) groups is 1. The molecule has 1 amide bonds. The first-order valence-corrected chi connectivity index (χ1v) is 13.4.